The Kier molecular flexibility index (Phi) is 4.44. The van der Waals surface area contributed by atoms with Crippen molar-refractivity contribution in [1.82, 2.24) is 0 Å². The van der Waals surface area contributed by atoms with Gasteiger partial charge in [0.15, 0.2) is 0 Å². The van der Waals surface area contributed by atoms with Crippen LogP contribution in [0.3, 0.4) is 0 Å². The Morgan fingerprint density at radius 1 is 1.07 bits per heavy atom. The van der Waals surface area contributed by atoms with E-state index >= 15 is 0 Å². The zero-order valence-electron chi connectivity index (χ0n) is 18.0. The molecule has 0 spiro atoms. The summed E-state index contributed by atoms with van der Waals surface area (Å²) in [5.41, 5.74) is 7.54. The van der Waals surface area contributed by atoms with E-state index in [0.29, 0.717) is 11.5 Å². The van der Waals surface area contributed by atoms with E-state index in [1.54, 1.807) is 11.3 Å². The smallest absolute Gasteiger partial charge is 0.251 e. The van der Waals surface area contributed by atoms with Gasteiger partial charge in [0.05, 0.1) is 11.0 Å². The average molecular weight is 415 g/mol. The summed E-state index contributed by atoms with van der Waals surface area (Å²) in [7, 11) is 0. The largest absolute Gasteiger partial charge is 0.365 e. The van der Waals surface area contributed by atoms with E-state index < -0.39 is 5.91 Å². The summed E-state index contributed by atoms with van der Waals surface area (Å²) < 4.78 is 0. The molecule has 1 aromatic heterocycles. The van der Waals surface area contributed by atoms with Crippen LogP contribution in [0.1, 0.15) is 86.5 Å². The minimum atomic E-state index is -0.391. The van der Waals surface area contributed by atoms with Crippen LogP contribution >= 0.6 is 11.3 Å². The van der Waals surface area contributed by atoms with Crippen LogP contribution in [-0.4, -0.2) is 11.8 Å². The first kappa shape index (κ1) is 19.6. The molecule has 0 aromatic carbocycles. The third kappa shape index (κ3) is 3.24. The Balaban J connectivity index is 1.42. The Bertz CT molecular complexity index is 828. The van der Waals surface area contributed by atoms with Crippen molar-refractivity contribution in [1.29, 1.82) is 0 Å². The van der Waals surface area contributed by atoms with Crippen LogP contribution in [0.2, 0.25) is 0 Å². The van der Waals surface area contributed by atoms with Gasteiger partial charge in [-0.2, -0.15) is 0 Å². The molecular weight excluding hydrogens is 380 g/mol. The zero-order valence-corrected chi connectivity index (χ0v) is 18.8. The molecule has 0 aliphatic heterocycles. The van der Waals surface area contributed by atoms with E-state index in [-0.39, 0.29) is 16.7 Å². The fourth-order valence-corrected chi connectivity index (χ4v) is 8.63. The van der Waals surface area contributed by atoms with Crippen LogP contribution in [-0.2, 0) is 17.6 Å². The van der Waals surface area contributed by atoms with Gasteiger partial charge in [0, 0.05) is 4.88 Å². The van der Waals surface area contributed by atoms with E-state index in [2.05, 4.69) is 26.1 Å². The summed E-state index contributed by atoms with van der Waals surface area (Å²) in [6.07, 6.45) is 10.0. The second-order valence-electron chi connectivity index (χ2n) is 11.5. The van der Waals surface area contributed by atoms with Gasteiger partial charge in [-0.05, 0) is 92.4 Å². The number of nitrogens with two attached hydrogens (primary N) is 1. The van der Waals surface area contributed by atoms with E-state index in [4.69, 9.17) is 5.73 Å². The van der Waals surface area contributed by atoms with Crippen molar-refractivity contribution >= 4 is 28.2 Å². The Hall–Kier alpha value is -1.36. The maximum atomic E-state index is 13.5. The number of nitrogens with one attached hydrogen (secondary N) is 1. The van der Waals surface area contributed by atoms with E-state index in [1.165, 1.54) is 24.1 Å². The monoisotopic (exact) mass is 414 g/mol. The van der Waals surface area contributed by atoms with Gasteiger partial charge in [-0.3, -0.25) is 9.59 Å². The van der Waals surface area contributed by atoms with Gasteiger partial charge < -0.3 is 11.1 Å². The summed E-state index contributed by atoms with van der Waals surface area (Å²) in [6, 6.07) is 0. The Morgan fingerprint density at radius 3 is 2.17 bits per heavy atom. The van der Waals surface area contributed by atoms with Gasteiger partial charge in [0.2, 0.25) is 5.91 Å². The fourth-order valence-electron chi connectivity index (χ4n) is 7.30. The molecule has 3 N–H and O–H groups in total. The van der Waals surface area contributed by atoms with Crippen LogP contribution < -0.4 is 11.1 Å². The van der Waals surface area contributed by atoms with Gasteiger partial charge in [-0.25, -0.2) is 0 Å². The molecule has 0 radical (unpaired) electrons. The highest BCUT2D eigenvalue weighted by atomic mass is 32.1. The number of amides is 2. The van der Waals surface area contributed by atoms with Crippen LogP contribution in [0.25, 0.3) is 0 Å². The third-order valence-electron chi connectivity index (χ3n) is 8.48. The van der Waals surface area contributed by atoms with Gasteiger partial charge >= 0.3 is 0 Å². The molecule has 4 saturated carbocycles. The number of carbonyl (C=O) groups excluding carboxylic acids is 2. The fraction of sp³-hybridized carbons (Fsp3) is 0.750. The zero-order chi connectivity index (χ0) is 20.6. The second kappa shape index (κ2) is 6.57. The third-order valence-corrected chi connectivity index (χ3v) is 9.65. The van der Waals surface area contributed by atoms with Crippen molar-refractivity contribution in [3.8, 4) is 0 Å². The van der Waals surface area contributed by atoms with Gasteiger partial charge in [0.1, 0.15) is 5.00 Å². The normalized spacial score (nSPS) is 35.4. The van der Waals surface area contributed by atoms with Crippen molar-refractivity contribution in [3.05, 3.63) is 16.0 Å². The average Bonchev–Trinajstić information content (AvgIpc) is 2.96. The first-order valence-electron chi connectivity index (χ1n) is 11.4. The molecule has 4 fully saturated rings. The van der Waals surface area contributed by atoms with Crippen molar-refractivity contribution in [2.45, 2.75) is 78.6 Å². The molecule has 0 unspecified atom stereocenters. The molecule has 5 heteroatoms. The summed E-state index contributed by atoms with van der Waals surface area (Å²) in [4.78, 5) is 27.1. The van der Waals surface area contributed by atoms with Crippen molar-refractivity contribution in [2.75, 3.05) is 5.32 Å². The number of primary amides is 1. The molecule has 29 heavy (non-hydrogen) atoms. The number of hydrogen-bond donors (Lipinski definition) is 2. The maximum Gasteiger partial charge on any atom is 0.251 e. The predicted molar refractivity (Wildman–Crippen MR) is 117 cm³/mol. The first-order chi connectivity index (χ1) is 13.6. The maximum absolute atomic E-state index is 13.5. The lowest BCUT2D eigenvalue weighted by Gasteiger charge is -2.55. The molecule has 2 amide bonds. The highest BCUT2D eigenvalue weighted by Crippen LogP contribution is 2.60. The number of hydrogen-bond acceptors (Lipinski definition) is 3. The Morgan fingerprint density at radius 2 is 1.66 bits per heavy atom. The van der Waals surface area contributed by atoms with Gasteiger partial charge in [-0.1, -0.05) is 20.8 Å². The summed E-state index contributed by atoms with van der Waals surface area (Å²) in [5.74, 6) is 2.55. The van der Waals surface area contributed by atoms with Gasteiger partial charge in [-0.15, -0.1) is 11.3 Å². The van der Waals surface area contributed by atoms with Crippen molar-refractivity contribution in [2.24, 2.45) is 40.2 Å². The minimum Gasteiger partial charge on any atom is -0.365 e. The molecule has 4 nitrogen and oxygen atoms in total. The molecule has 1 heterocycles. The molecule has 1 aromatic rings. The lowest BCUT2D eigenvalue weighted by Crippen LogP contribution is -2.51. The highest BCUT2D eigenvalue weighted by molar-refractivity contribution is 7.17. The SMILES string of the molecule is CC(C)(C)[C@@H]1CCc2c(sc(NC(=O)C34CC5CC(CC(C5)C3)C4)c2C(N)=O)C1. The lowest BCUT2D eigenvalue weighted by atomic mass is 9.49. The van der Waals surface area contributed by atoms with Gasteiger partial charge in [0.25, 0.3) is 5.91 Å². The van der Waals surface area contributed by atoms with E-state index in [9.17, 15) is 9.59 Å². The van der Waals surface area contributed by atoms with Crippen LogP contribution in [0, 0.1) is 34.5 Å². The predicted octanol–water partition coefficient (Wildman–Crippen LogP) is 5.15. The number of fused-ring (bicyclic) bond motifs is 1. The molecular formula is C24H34N2O2S. The summed E-state index contributed by atoms with van der Waals surface area (Å²) in [5, 5.41) is 3.96. The Labute approximate surface area is 178 Å². The number of rotatable bonds is 3. The number of carbonyl (C=O) groups is 2. The van der Waals surface area contributed by atoms with Crippen molar-refractivity contribution < 1.29 is 9.59 Å². The molecule has 6 rings (SSSR count). The second-order valence-corrected chi connectivity index (χ2v) is 12.6. The summed E-state index contributed by atoms with van der Waals surface area (Å²) >= 11 is 1.61. The van der Waals surface area contributed by atoms with E-state index in [1.807, 2.05) is 0 Å². The standard InChI is InChI=1S/C24H34N2O2S/c1-23(2,3)16-4-5-17-18(9-16)29-21(19(17)20(25)27)26-22(28)24-10-13-6-14(11-24)8-15(7-13)12-24/h13-16H,4-12H2,1-3H3,(H2,25,27)(H,26,28)/t13?,14?,15?,16-,24?/m1/s1. The molecule has 0 saturated heterocycles. The van der Waals surface area contributed by atoms with Crippen LogP contribution in [0.15, 0.2) is 0 Å². The number of anilines is 1. The molecule has 1 atom stereocenters. The minimum absolute atomic E-state index is 0.157. The topological polar surface area (TPSA) is 72.2 Å². The molecule has 158 valence electrons. The molecule has 4 bridgehead atoms. The van der Waals surface area contributed by atoms with Crippen LogP contribution in [0.4, 0.5) is 5.00 Å². The first-order valence-corrected chi connectivity index (χ1v) is 12.2. The number of thiophene rings is 1. The lowest BCUT2D eigenvalue weighted by molar-refractivity contribution is -0.140. The molecule has 5 aliphatic rings. The molecule has 5 aliphatic carbocycles. The highest BCUT2D eigenvalue weighted by Gasteiger charge is 2.54. The van der Waals surface area contributed by atoms with E-state index in [0.717, 1.165) is 66.8 Å². The van der Waals surface area contributed by atoms with Crippen LogP contribution in [0.5, 0.6) is 0 Å². The summed E-state index contributed by atoms with van der Waals surface area (Å²) in [6.45, 7) is 6.88. The quantitative estimate of drug-likeness (QED) is 0.718. The van der Waals surface area contributed by atoms with Crippen molar-refractivity contribution in [3.63, 3.8) is 0 Å².